The van der Waals surface area contributed by atoms with Crippen LogP contribution in [0.15, 0.2) is 66.0 Å². The highest BCUT2D eigenvalue weighted by molar-refractivity contribution is 5.98. The largest absolute Gasteiger partial charge is 0.493 e. The topological polar surface area (TPSA) is 74.3 Å². The number of halogens is 1. The summed E-state index contributed by atoms with van der Waals surface area (Å²) in [7, 11) is 5.54. The molecule has 0 amide bonds. The molecule has 0 saturated heterocycles. The Labute approximate surface area is 185 Å². The fraction of sp³-hybridized carbons (Fsp3) is 0.250. The third-order valence-corrected chi connectivity index (χ3v) is 5.10. The first-order chi connectivity index (χ1) is 15.4. The van der Waals surface area contributed by atoms with Gasteiger partial charge in [-0.15, -0.1) is 0 Å². The number of carbonyl (C=O) groups excluding carboxylic acids is 2. The van der Waals surface area contributed by atoms with Crippen LogP contribution < -0.4 is 9.47 Å². The molecule has 0 bridgehead atoms. The van der Waals surface area contributed by atoms with E-state index in [4.69, 9.17) is 18.9 Å². The molecule has 0 aliphatic carbocycles. The molecule has 7 nitrogen and oxygen atoms in total. The van der Waals surface area contributed by atoms with Crippen LogP contribution in [0.5, 0.6) is 11.5 Å². The van der Waals surface area contributed by atoms with Gasteiger partial charge in [-0.2, -0.15) is 0 Å². The molecule has 1 aliphatic rings. The van der Waals surface area contributed by atoms with Crippen molar-refractivity contribution in [2.24, 2.45) is 0 Å². The van der Waals surface area contributed by atoms with Gasteiger partial charge in [0.1, 0.15) is 5.82 Å². The van der Waals surface area contributed by atoms with E-state index in [1.54, 1.807) is 42.6 Å². The van der Waals surface area contributed by atoms with Gasteiger partial charge in [-0.3, -0.25) is 0 Å². The summed E-state index contributed by atoms with van der Waals surface area (Å²) in [5, 5.41) is 0. The van der Waals surface area contributed by atoms with Crippen LogP contribution in [0.2, 0.25) is 0 Å². The summed E-state index contributed by atoms with van der Waals surface area (Å²) >= 11 is 0. The zero-order valence-electron chi connectivity index (χ0n) is 18.3. The molecule has 2 aromatic carbocycles. The number of esters is 2. The second kappa shape index (κ2) is 10.00. The fourth-order valence-electron chi connectivity index (χ4n) is 3.61. The molecule has 0 N–H and O–H groups in total. The predicted molar refractivity (Wildman–Crippen MR) is 114 cm³/mol. The average Bonchev–Trinajstić information content (AvgIpc) is 2.82. The lowest BCUT2D eigenvalue weighted by molar-refractivity contribution is -0.137. The van der Waals surface area contributed by atoms with E-state index in [1.807, 2.05) is 6.07 Å². The summed E-state index contributed by atoms with van der Waals surface area (Å²) in [5.74, 6) is -1.75. The quantitative estimate of drug-likeness (QED) is 0.609. The van der Waals surface area contributed by atoms with Gasteiger partial charge in [0, 0.05) is 24.5 Å². The SMILES string of the molecule is COC(=O)C1=CN(Cc2ccc(OC)c(OC)c2)C=C(C(=O)OC)C1c1ccccc1F. The first-order valence-corrected chi connectivity index (χ1v) is 9.74. The van der Waals surface area contributed by atoms with E-state index in [1.165, 1.54) is 39.5 Å². The lowest BCUT2D eigenvalue weighted by Crippen LogP contribution is -2.29. The summed E-state index contributed by atoms with van der Waals surface area (Å²) in [6.45, 7) is 0.297. The number of benzene rings is 2. The van der Waals surface area contributed by atoms with E-state index in [0.29, 0.717) is 18.0 Å². The first-order valence-electron chi connectivity index (χ1n) is 9.74. The van der Waals surface area contributed by atoms with Crippen molar-refractivity contribution in [1.82, 2.24) is 4.90 Å². The summed E-state index contributed by atoms with van der Waals surface area (Å²) in [6, 6.07) is 11.4. The molecule has 3 rings (SSSR count). The van der Waals surface area contributed by atoms with Crippen molar-refractivity contribution in [3.05, 3.63) is 83.0 Å². The van der Waals surface area contributed by atoms with Crippen LogP contribution in [-0.4, -0.2) is 45.3 Å². The Balaban J connectivity index is 2.07. The van der Waals surface area contributed by atoms with Gasteiger partial charge in [0.15, 0.2) is 11.5 Å². The Morgan fingerprint density at radius 1 is 0.875 bits per heavy atom. The van der Waals surface area contributed by atoms with Crippen molar-refractivity contribution in [2.75, 3.05) is 28.4 Å². The van der Waals surface area contributed by atoms with Gasteiger partial charge in [0.05, 0.1) is 45.5 Å². The molecule has 1 heterocycles. The van der Waals surface area contributed by atoms with Crippen LogP contribution in [0.3, 0.4) is 0 Å². The second-order valence-electron chi connectivity index (χ2n) is 6.97. The van der Waals surface area contributed by atoms with Crippen LogP contribution in [0, 0.1) is 5.82 Å². The van der Waals surface area contributed by atoms with E-state index in [2.05, 4.69) is 0 Å². The maximum Gasteiger partial charge on any atom is 0.336 e. The van der Waals surface area contributed by atoms with Crippen LogP contribution in [0.1, 0.15) is 17.0 Å². The molecule has 0 fully saturated rings. The highest BCUT2D eigenvalue weighted by Crippen LogP contribution is 2.38. The molecule has 0 radical (unpaired) electrons. The molecule has 0 aromatic heterocycles. The zero-order valence-corrected chi connectivity index (χ0v) is 18.3. The van der Waals surface area contributed by atoms with Crippen molar-refractivity contribution >= 4 is 11.9 Å². The van der Waals surface area contributed by atoms with Crippen LogP contribution >= 0.6 is 0 Å². The number of hydrogen-bond acceptors (Lipinski definition) is 7. The molecule has 8 heteroatoms. The summed E-state index contributed by atoms with van der Waals surface area (Å²) in [5.41, 5.74) is 1.22. The number of rotatable bonds is 7. The van der Waals surface area contributed by atoms with E-state index in [-0.39, 0.29) is 16.7 Å². The Bertz CT molecular complexity index is 1040. The molecule has 2 aromatic rings. The number of nitrogens with zero attached hydrogens (tertiary/aromatic N) is 1. The maximum absolute atomic E-state index is 14.7. The minimum Gasteiger partial charge on any atom is -0.493 e. The second-order valence-corrected chi connectivity index (χ2v) is 6.97. The van der Waals surface area contributed by atoms with Gasteiger partial charge in [0.2, 0.25) is 0 Å². The Kier molecular flexibility index (Phi) is 7.14. The van der Waals surface area contributed by atoms with Gasteiger partial charge >= 0.3 is 11.9 Å². The molecule has 0 unspecified atom stereocenters. The smallest absolute Gasteiger partial charge is 0.336 e. The summed E-state index contributed by atoms with van der Waals surface area (Å²) in [4.78, 5) is 26.9. The van der Waals surface area contributed by atoms with Crippen molar-refractivity contribution in [3.8, 4) is 11.5 Å². The van der Waals surface area contributed by atoms with Crippen molar-refractivity contribution in [1.29, 1.82) is 0 Å². The highest BCUT2D eigenvalue weighted by atomic mass is 19.1. The maximum atomic E-state index is 14.7. The van der Waals surface area contributed by atoms with Crippen molar-refractivity contribution < 1.29 is 32.9 Å². The number of methoxy groups -OCH3 is 4. The Morgan fingerprint density at radius 3 is 2.00 bits per heavy atom. The van der Waals surface area contributed by atoms with Gasteiger partial charge in [-0.05, 0) is 23.8 Å². The Morgan fingerprint density at radius 2 is 1.47 bits per heavy atom. The standard InChI is InChI=1S/C24H24FNO6/c1-29-20-10-9-15(11-21(20)30-2)12-26-13-17(23(27)31-3)22(18(14-26)24(28)32-4)16-7-5-6-8-19(16)25/h5-11,13-14,22H,12H2,1-4H3. The molecule has 1 aliphatic heterocycles. The molecule has 0 spiro atoms. The van der Waals surface area contributed by atoms with E-state index < -0.39 is 23.7 Å². The molecular weight excluding hydrogens is 417 g/mol. The number of carbonyl (C=O) groups is 2. The van der Waals surface area contributed by atoms with E-state index >= 15 is 0 Å². The van der Waals surface area contributed by atoms with Gasteiger partial charge in [-0.25, -0.2) is 14.0 Å². The van der Waals surface area contributed by atoms with Gasteiger partial charge < -0.3 is 23.8 Å². The van der Waals surface area contributed by atoms with E-state index in [0.717, 1.165) is 5.56 Å². The summed E-state index contributed by atoms with van der Waals surface area (Å²) in [6.07, 6.45) is 3.10. The Hall–Kier alpha value is -3.81. The van der Waals surface area contributed by atoms with Gasteiger partial charge in [0.25, 0.3) is 0 Å². The number of ether oxygens (including phenoxy) is 4. The summed E-state index contributed by atoms with van der Waals surface area (Å²) < 4.78 is 35.1. The van der Waals surface area contributed by atoms with Gasteiger partial charge in [-0.1, -0.05) is 24.3 Å². The third-order valence-electron chi connectivity index (χ3n) is 5.10. The predicted octanol–water partition coefficient (Wildman–Crippen LogP) is 3.56. The highest BCUT2D eigenvalue weighted by Gasteiger charge is 2.36. The normalized spacial score (nSPS) is 13.7. The first kappa shape index (κ1) is 22.9. The average molecular weight is 441 g/mol. The lowest BCUT2D eigenvalue weighted by atomic mass is 9.83. The molecule has 168 valence electrons. The van der Waals surface area contributed by atoms with Crippen molar-refractivity contribution in [3.63, 3.8) is 0 Å². The van der Waals surface area contributed by atoms with Crippen LogP contribution in [0.4, 0.5) is 4.39 Å². The third kappa shape index (κ3) is 4.59. The number of hydrogen-bond donors (Lipinski definition) is 0. The lowest BCUT2D eigenvalue weighted by Gasteiger charge is -2.30. The minimum atomic E-state index is -0.974. The zero-order chi connectivity index (χ0) is 23.3. The minimum absolute atomic E-state index is 0.112. The molecule has 0 saturated carbocycles. The molecule has 0 atom stereocenters. The van der Waals surface area contributed by atoms with Crippen molar-refractivity contribution in [2.45, 2.75) is 12.5 Å². The molecule has 32 heavy (non-hydrogen) atoms. The van der Waals surface area contributed by atoms with E-state index in [9.17, 15) is 14.0 Å². The monoisotopic (exact) mass is 441 g/mol. The van der Waals surface area contributed by atoms with Crippen LogP contribution in [-0.2, 0) is 25.6 Å². The molecular formula is C24H24FNO6. The van der Waals surface area contributed by atoms with Crippen LogP contribution in [0.25, 0.3) is 0 Å². The fourth-order valence-corrected chi connectivity index (χ4v) is 3.61.